The molecule has 5 nitrogen and oxygen atoms in total. The largest absolute Gasteiger partial charge is 0.389 e. The molecule has 0 fully saturated rings. The number of nitrogens with one attached hydrogen (secondary N) is 1. The van der Waals surface area contributed by atoms with Crippen LogP contribution in [0.5, 0.6) is 0 Å². The molecule has 1 aromatic heterocycles. The summed E-state index contributed by atoms with van der Waals surface area (Å²) in [7, 11) is 3.59. The fourth-order valence-corrected chi connectivity index (χ4v) is 1.66. The quantitative estimate of drug-likeness (QED) is 0.644. The molecule has 2 N–H and O–H groups in total. The highest BCUT2D eigenvalue weighted by molar-refractivity contribution is 5.01. The van der Waals surface area contributed by atoms with Crippen LogP contribution >= 0.6 is 0 Å². The predicted octanol–water partition coefficient (Wildman–Crippen LogP) is 0.340. The third-order valence-electron chi connectivity index (χ3n) is 2.83. The molecule has 17 heavy (non-hydrogen) atoms. The molecule has 0 radical (unpaired) electrons. The minimum atomic E-state index is -0.696. The van der Waals surface area contributed by atoms with E-state index in [2.05, 4.69) is 10.4 Å². The van der Waals surface area contributed by atoms with Crippen molar-refractivity contribution < 1.29 is 9.84 Å². The molecule has 1 heterocycles. The molecule has 0 aromatic carbocycles. The Morgan fingerprint density at radius 1 is 1.59 bits per heavy atom. The molecule has 0 bridgehead atoms. The summed E-state index contributed by atoms with van der Waals surface area (Å²) in [4.78, 5) is 0. The van der Waals surface area contributed by atoms with E-state index in [1.807, 2.05) is 24.7 Å². The molecule has 0 aliphatic rings. The van der Waals surface area contributed by atoms with Gasteiger partial charge in [-0.2, -0.15) is 5.10 Å². The van der Waals surface area contributed by atoms with Crippen molar-refractivity contribution in [1.82, 2.24) is 15.1 Å². The van der Waals surface area contributed by atoms with Crippen LogP contribution in [-0.4, -0.2) is 47.3 Å². The van der Waals surface area contributed by atoms with Gasteiger partial charge in [0.25, 0.3) is 0 Å². The van der Waals surface area contributed by atoms with Crippen LogP contribution in [0.15, 0.2) is 12.3 Å². The number of ether oxygens (including phenoxy) is 1. The van der Waals surface area contributed by atoms with Crippen molar-refractivity contribution in [2.75, 3.05) is 26.8 Å². The van der Waals surface area contributed by atoms with Crippen LogP contribution in [0.4, 0.5) is 0 Å². The van der Waals surface area contributed by atoms with Crippen LogP contribution in [-0.2, 0) is 18.2 Å². The van der Waals surface area contributed by atoms with Gasteiger partial charge in [0.15, 0.2) is 0 Å². The Morgan fingerprint density at radius 2 is 2.35 bits per heavy atom. The first-order valence-corrected chi connectivity index (χ1v) is 5.94. The third kappa shape index (κ3) is 5.30. The maximum absolute atomic E-state index is 10.2. The lowest BCUT2D eigenvalue weighted by Gasteiger charge is -2.23. The second-order valence-electron chi connectivity index (χ2n) is 4.61. The standard InChI is InChI=1S/C12H23N3O2/c1-12(16,10-13-8-9-17-3)6-4-11-5-7-14-15(11)2/h5,7,13,16H,4,6,8-10H2,1-3H3. The fraction of sp³-hybridized carbons (Fsp3) is 0.750. The van der Waals surface area contributed by atoms with Gasteiger partial charge in [0.2, 0.25) is 0 Å². The van der Waals surface area contributed by atoms with Gasteiger partial charge in [-0.25, -0.2) is 0 Å². The van der Waals surface area contributed by atoms with E-state index in [-0.39, 0.29) is 0 Å². The molecular formula is C12H23N3O2. The maximum atomic E-state index is 10.2. The monoisotopic (exact) mass is 241 g/mol. The van der Waals surface area contributed by atoms with E-state index in [1.54, 1.807) is 13.3 Å². The average molecular weight is 241 g/mol. The van der Waals surface area contributed by atoms with E-state index in [9.17, 15) is 5.11 Å². The summed E-state index contributed by atoms with van der Waals surface area (Å²) in [6, 6.07) is 1.98. The summed E-state index contributed by atoms with van der Waals surface area (Å²) in [5, 5.41) is 17.5. The Labute approximate surface area is 103 Å². The number of nitrogens with zero attached hydrogens (tertiary/aromatic N) is 2. The van der Waals surface area contributed by atoms with Crippen molar-refractivity contribution in [1.29, 1.82) is 0 Å². The SMILES string of the molecule is COCCNCC(C)(O)CCc1ccnn1C. The highest BCUT2D eigenvalue weighted by Crippen LogP contribution is 2.12. The second kappa shape index (κ2) is 6.74. The normalized spacial score (nSPS) is 14.8. The molecule has 0 saturated heterocycles. The summed E-state index contributed by atoms with van der Waals surface area (Å²) in [5.41, 5.74) is 0.444. The van der Waals surface area contributed by atoms with E-state index in [4.69, 9.17) is 4.74 Å². The molecule has 0 spiro atoms. The first kappa shape index (κ1) is 14.2. The van der Waals surface area contributed by atoms with Crippen LogP contribution in [0.25, 0.3) is 0 Å². The van der Waals surface area contributed by atoms with Crippen LogP contribution in [0.1, 0.15) is 19.0 Å². The zero-order valence-corrected chi connectivity index (χ0v) is 10.9. The van der Waals surface area contributed by atoms with Gasteiger partial charge in [0.1, 0.15) is 0 Å². The van der Waals surface area contributed by atoms with Crippen LogP contribution < -0.4 is 5.32 Å². The van der Waals surface area contributed by atoms with Crippen molar-refractivity contribution in [3.63, 3.8) is 0 Å². The molecule has 0 saturated carbocycles. The van der Waals surface area contributed by atoms with Gasteiger partial charge in [-0.05, 0) is 25.8 Å². The summed E-state index contributed by atoms with van der Waals surface area (Å²) in [6.45, 7) is 3.85. The molecule has 0 aliphatic carbocycles. The number of aryl methyl sites for hydroxylation is 2. The zero-order chi connectivity index (χ0) is 12.7. The van der Waals surface area contributed by atoms with Gasteiger partial charge < -0.3 is 15.2 Å². The van der Waals surface area contributed by atoms with E-state index >= 15 is 0 Å². The number of aromatic nitrogens is 2. The van der Waals surface area contributed by atoms with Gasteiger partial charge >= 0.3 is 0 Å². The van der Waals surface area contributed by atoms with Crippen LogP contribution in [0, 0.1) is 0 Å². The van der Waals surface area contributed by atoms with E-state index in [0.717, 1.165) is 18.7 Å². The van der Waals surface area contributed by atoms with Crippen molar-refractivity contribution in [3.05, 3.63) is 18.0 Å². The van der Waals surface area contributed by atoms with Crippen molar-refractivity contribution >= 4 is 0 Å². The molecule has 0 amide bonds. The molecule has 0 aliphatic heterocycles. The summed E-state index contributed by atoms with van der Waals surface area (Å²) in [6.07, 6.45) is 3.32. The highest BCUT2D eigenvalue weighted by Gasteiger charge is 2.20. The van der Waals surface area contributed by atoms with Gasteiger partial charge in [-0.15, -0.1) is 0 Å². The van der Waals surface area contributed by atoms with Crippen molar-refractivity contribution in [2.24, 2.45) is 7.05 Å². The molecule has 5 heteroatoms. The Hall–Kier alpha value is -0.910. The van der Waals surface area contributed by atoms with Gasteiger partial charge in [0, 0.05) is 39.1 Å². The fourth-order valence-electron chi connectivity index (χ4n) is 1.66. The molecule has 1 unspecified atom stereocenters. The Morgan fingerprint density at radius 3 is 2.94 bits per heavy atom. The predicted molar refractivity (Wildman–Crippen MR) is 66.9 cm³/mol. The lowest BCUT2D eigenvalue weighted by molar-refractivity contribution is 0.0489. The topological polar surface area (TPSA) is 59.3 Å². The minimum Gasteiger partial charge on any atom is -0.389 e. The number of rotatable bonds is 8. The lowest BCUT2D eigenvalue weighted by Crippen LogP contribution is -2.39. The van der Waals surface area contributed by atoms with Gasteiger partial charge in [0.05, 0.1) is 12.2 Å². The number of aliphatic hydroxyl groups is 1. The minimum absolute atomic E-state index is 0.578. The Balaban J connectivity index is 2.26. The van der Waals surface area contributed by atoms with Crippen molar-refractivity contribution in [2.45, 2.75) is 25.4 Å². The molecule has 1 rings (SSSR count). The number of methoxy groups -OCH3 is 1. The van der Waals surface area contributed by atoms with Crippen molar-refractivity contribution in [3.8, 4) is 0 Å². The molecule has 1 atom stereocenters. The van der Waals surface area contributed by atoms with E-state index in [1.165, 1.54) is 0 Å². The summed E-state index contributed by atoms with van der Waals surface area (Å²) >= 11 is 0. The first-order chi connectivity index (χ1) is 8.05. The van der Waals surface area contributed by atoms with E-state index < -0.39 is 5.60 Å². The first-order valence-electron chi connectivity index (χ1n) is 5.94. The number of hydrogen-bond acceptors (Lipinski definition) is 4. The van der Waals surface area contributed by atoms with Crippen LogP contribution in [0.2, 0.25) is 0 Å². The molecule has 1 aromatic rings. The maximum Gasteiger partial charge on any atom is 0.0747 e. The summed E-state index contributed by atoms with van der Waals surface area (Å²) in [5.74, 6) is 0. The molecule has 98 valence electrons. The third-order valence-corrected chi connectivity index (χ3v) is 2.83. The smallest absolute Gasteiger partial charge is 0.0747 e. The zero-order valence-electron chi connectivity index (χ0n) is 10.9. The van der Waals surface area contributed by atoms with E-state index in [0.29, 0.717) is 19.6 Å². The highest BCUT2D eigenvalue weighted by atomic mass is 16.5. The number of hydrogen-bond donors (Lipinski definition) is 2. The average Bonchev–Trinajstić information content (AvgIpc) is 2.68. The summed E-state index contributed by atoms with van der Waals surface area (Å²) < 4.78 is 6.78. The Bertz CT molecular complexity index is 323. The van der Waals surface area contributed by atoms with Gasteiger partial charge in [-0.1, -0.05) is 0 Å². The van der Waals surface area contributed by atoms with Gasteiger partial charge in [-0.3, -0.25) is 4.68 Å². The lowest BCUT2D eigenvalue weighted by atomic mass is 9.99. The Kier molecular flexibility index (Phi) is 5.61. The van der Waals surface area contributed by atoms with Crippen LogP contribution in [0.3, 0.4) is 0 Å². The second-order valence-corrected chi connectivity index (χ2v) is 4.61. The molecular weight excluding hydrogens is 218 g/mol.